The first kappa shape index (κ1) is 14.8. The van der Waals surface area contributed by atoms with Gasteiger partial charge in [-0.2, -0.15) is 5.10 Å². The molecule has 1 saturated heterocycles. The third-order valence-electron chi connectivity index (χ3n) is 4.50. The van der Waals surface area contributed by atoms with E-state index in [4.69, 9.17) is 11.6 Å². The van der Waals surface area contributed by atoms with Gasteiger partial charge < -0.3 is 15.1 Å². The van der Waals surface area contributed by atoms with Crippen LogP contribution in [0.15, 0.2) is 0 Å². The number of carbonyl (C=O) groups excluding carboxylic acids is 1. The lowest BCUT2D eigenvalue weighted by molar-refractivity contribution is 0.0367. The number of fused-ring (bicyclic) bond motifs is 1. The molecule has 21 heavy (non-hydrogen) atoms. The third kappa shape index (κ3) is 2.56. The molecule has 1 amide bonds. The Balaban J connectivity index is 1.81. The van der Waals surface area contributed by atoms with Crippen molar-refractivity contribution in [1.82, 2.24) is 24.9 Å². The van der Waals surface area contributed by atoms with E-state index in [-0.39, 0.29) is 11.4 Å². The van der Waals surface area contributed by atoms with Gasteiger partial charge in [0, 0.05) is 32.7 Å². The number of hydrogen-bond donors (Lipinski definition) is 1. The van der Waals surface area contributed by atoms with E-state index in [1.807, 2.05) is 11.7 Å². The van der Waals surface area contributed by atoms with Crippen LogP contribution in [-0.4, -0.2) is 64.8 Å². The molecule has 2 aliphatic heterocycles. The molecule has 0 aliphatic carbocycles. The Hall–Kier alpha value is -1.11. The number of amides is 1. The number of carbonyl (C=O) groups is 1. The summed E-state index contributed by atoms with van der Waals surface area (Å²) in [5.74, 6) is -0.0593. The molecule has 7 heteroatoms. The van der Waals surface area contributed by atoms with Crippen LogP contribution in [0.2, 0.25) is 5.02 Å². The number of rotatable bonds is 2. The van der Waals surface area contributed by atoms with Crippen molar-refractivity contribution in [2.75, 3.05) is 33.7 Å². The van der Waals surface area contributed by atoms with Gasteiger partial charge in [0.1, 0.15) is 0 Å². The fourth-order valence-corrected chi connectivity index (χ4v) is 3.30. The molecular formula is C14H22ClN5O. The molecule has 0 aromatic carbocycles. The maximum Gasteiger partial charge on any atom is 0.276 e. The molecule has 0 unspecified atom stereocenters. The van der Waals surface area contributed by atoms with Crippen LogP contribution in [0.4, 0.5) is 0 Å². The van der Waals surface area contributed by atoms with Crippen molar-refractivity contribution in [2.24, 2.45) is 0 Å². The minimum atomic E-state index is -0.0593. The smallest absolute Gasteiger partial charge is 0.276 e. The fraction of sp³-hybridized carbons (Fsp3) is 0.714. The molecule has 1 aromatic rings. The lowest BCUT2D eigenvalue weighted by Crippen LogP contribution is -2.67. The van der Waals surface area contributed by atoms with Crippen molar-refractivity contribution in [3.63, 3.8) is 0 Å². The number of hydrogen-bond acceptors (Lipinski definition) is 4. The minimum absolute atomic E-state index is 0.0131. The van der Waals surface area contributed by atoms with Gasteiger partial charge in [-0.3, -0.25) is 9.48 Å². The summed E-state index contributed by atoms with van der Waals surface area (Å²) in [6.45, 7) is 6.08. The van der Waals surface area contributed by atoms with Crippen molar-refractivity contribution in [2.45, 2.75) is 32.0 Å². The minimum Gasteiger partial charge on any atom is -0.333 e. The Bertz CT molecular complexity index is 564. The molecule has 0 spiro atoms. The SMILES string of the molecule is CNC1(C)CN(C(=O)c2nn3c(c2Cl)CN(C)CCC3)C1. The quantitative estimate of drug-likeness (QED) is 0.878. The molecule has 0 radical (unpaired) electrons. The Morgan fingerprint density at radius 3 is 2.76 bits per heavy atom. The van der Waals surface area contributed by atoms with Gasteiger partial charge in [-0.1, -0.05) is 11.6 Å². The van der Waals surface area contributed by atoms with Crippen molar-refractivity contribution >= 4 is 17.5 Å². The van der Waals surface area contributed by atoms with Gasteiger partial charge in [-0.25, -0.2) is 0 Å². The van der Waals surface area contributed by atoms with Crippen molar-refractivity contribution in [3.05, 3.63) is 16.4 Å². The van der Waals surface area contributed by atoms with Crippen LogP contribution < -0.4 is 5.32 Å². The molecule has 0 saturated carbocycles. The highest BCUT2D eigenvalue weighted by atomic mass is 35.5. The van der Waals surface area contributed by atoms with Crippen LogP contribution in [0.25, 0.3) is 0 Å². The molecular weight excluding hydrogens is 290 g/mol. The Morgan fingerprint density at radius 2 is 2.10 bits per heavy atom. The maximum absolute atomic E-state index is 12.6. The molecule has 1 N–H and O–H groups in total. The monoisotopic (exact) mass is 311 g/mol. The van der Waals surface area contributed by atoms with E-state index in [9.17, 15) is 4.79 Å². The number of nitrogens with zero attached hydrogens (tertiary/aromatic N) is 4. The molecule has 116 valence electrons. The number of likely N-dealkylation sites (N-methyl/N-ethyl adjacent to an activating group) is 1. The summed E-state index contributed by atoms with van der Waals surface area (Å²) in [5.41, 5.74) is 1.37. The van der Waals surface area contributed by atoms with Crippen molar-refractivity contribution < 1.29 is 4.79 Å². The van der Waals surface area contributed by atoms with Gasteiger partial charge >= 0.3 is 0 Å². The van der Waals surface area contributed by atoms with E-state index < -0.39 is 0 Å². The van der Waals surface area contributed by atoms with Crippen LogP contribution in [0.3, 0.4) is 0 Å². The van der Waals surface area contributed by atoms with Crippen LogP contribution in [-0.2, 0) is 13.1 Å². The average Bonchev–Trinajstić information content (AvgIpc) is 2.61. The van der Waals surface area contributed by atoms with Gasteiger partial charge in [0.15, 0.2) is 5.69 Å². The first-order valence-electron chi connectivity index (χ1n) is 7.35. The normalized spacial score (nSPS) is 21.6. The molecule has 3 heterocycles. The Morgan fingerprint density at radius 1 is 1.38 bits per heavy atom. The summed E-state index contributed by atoms with van der Waals surface area (Å²) < 4.78 is 1.90. The zero-order valence-corrected chi connectivity index (χ0v) is 13.6. The number of aromatic nitrogens is 2. The highest BCUT2D eigenvalue weighted by molar-refractivity contribution is 6.34. The van der Waals surface area contributed by atoms with Gasteiger partial charge in [0.05, 0.1) is 16.3 Å². The highest BCUT2D eigenvalue weighted by Crippen LogP contribution is 2.28. The topological polar surface area (TPSA) is 53.4 Å². The predicted molar refractivity (Wildman–Crippen MR) is 81.6 cm³/mol. The summed E-state index contributed by atoms with van der Waals surface area (Å²) in [6, 6.07) is 0. The van der Waals surface area contributed by atoms with Crippen LogP contribution in [0.1, 0.15) is 29.5 Å². The van der Waals surface area contributed by atoms with E-state index >= 15 is 0 Å². The largest absolute Gasteiger partial charge is 0.333 e. The molecule has 2 aliphatic rings. The molecule has 1 aromatic heterocycles. The highest BCUT2D eigenvalue weighted by Gasteiger charge is 2.41. The van der Waals surface area contributed by atoms with Gasteiger partial charge in [-0.05, 0) is 27.4 Å². The zero-order valence-electron chi connectivity index (χ0n) is 12.8. The summed E-state index contributed by atoms with van der Waals surface area (Å²) in [6.07, 6.45) is 1.02. The third-order valence-corrected chi connectivity index (χ3v) is 4.89. The second-order valence-corrected chi connectivity index (χ2v) is 6.77. The lowest BCUT2D eigenvalue weighted by atomic mass is 9.92. The molecule has 3 rings (SSSR count). The lowest BCUT2D eigenvalue weighted by Gasteiger charge is -2.47. The average molecular weight is 312 g/mol. The zero-order chi connectivity index (χ0) is 15.2. The number of aryl methyl sites for hydroxylation is 1. The number of halogens is 1. The van der Waals surface area contributed by atoms with Gasteiger partial charge in [-0.15, -0.1) is 0 Å². The van der Waals surface area contributed by atoms with E-state index in [0.717, 1.165) is 31.7 Å². The van der Waals surface area contributed by atoms with E-state index in [1.165, 1.54) is 0 Å². The molecule has 6 nitrogen and oxygen atoms in total. The van der Waals surface area contributed by atoms with Gasteiger partial charge in [0.25, 0.3) is 5.91 Å². The standard InChI is InChI=1S/C14H22ClN5O/c1-14(16-2)8-19(9-14)13(21)12-11(15)10-7-18(3)5-4-6-20(10)17-12/h16H,4-9H2,1-3H3. The first-order chi connectivity index (χ1) is 9.93. The Kier molecular flexibility index (Phi) is 3.71. The predicted octanol–water partition coefficient (Wildman–Crippen LogP) is 0.806. The van der Waals surface area contributed by atoms with Crippen LogP contribution >= 0.6 is 11.6 Å². The van der Waals surface area contributed by atoms with E-state index in [2.05, 4.69) is 29.3 Å². The molecule has 0 bridgehead atoms. The fourth-order valence-electron chi connectivity index (χ4n) is 3.02. The number of nitrogens with one attached hydrogen (secondary N) is 1. The summed E-state index contributed by atoms with van der Waals surface area (Å²) >= 11 is 6.43. The summed E-state index contributed by atoms with van der Waals surface area (Å²) in [5, 5.41) is 8.22. The van der Waals surface area contributed by atoms with Gasteiger partial charge in [0.2, 0.25) is 0 Å². The van der Waals surface area contributed by atoms with Crippen LogP contribution in [0.5, 0.6) is 0 Å². The maximum atomic E-state index is 12.6. The van der Waals surface area contributed by atoms with Crippen molar-refractivity contribution in [3.8, 4) is 0 Å². The van der Waals surface area contributed by atoms with E-state index in [0.29, 0.717) is 23.8 Å². The van der Waals surface area contributed by atoms with Crippen LogP contribution in [0, 0.1) is 0 Å². The molecule has 0 atom stereocenters. The first-order valence-corrected chi connectivity index (χ1v) is 7.73. The second kappa shape index (κ2) is 5.26. The number of likely N-dealkylation sites (tertiary alicyclic amines) is 1. The summed E-state index contributed by atoms with van der Waals surface area (Å²) in [7, 11) is 3.98. The van der Waals surface area contributed by atoms with Crippen molar-refractivity contribution in [1.29, 1.82) is 0 Å². The Labute approximate surface area is 130 Å². The second-order valence-electron chi connectivity index (χ2n) is 6.40. The summed E-state index contributed by atoms with van der Waals surface area (Å²) in [4.78, 5) is 16.6. The molecule has 1 fully saturated rings. The van der Waals surface area contributed by atoms with E-state index in [1.54, 1.807) is 4.90 Å².